The second-order valence-electron chi connectivity index (χ2n) is 6.54. The van der Waals surface area contributed by atoms with E-state index in [9.17, 15) is 23.1 Å². The summed E-state index contributed by atoms with van der Waals surface area (Å²) in [6.45, 7) is 0.458. The summed E-state index contributed by atoms with van der Waals surface area (Å²) in [5.74, 6) is -2.07. The molecule has 136 valence electrons. The standard InChI is InChI=1S/C19H19NO5S/c1-26(24,25)12-13-6-8-14(9-7-13)18(21)20-10-15-4-2-3-5-16(15)17(11-20)19(22)23/h2-9,17H,10-12H2,1H3,(H,22,23). The molecule has 0 bridgehead atoms. The molecule has 2 aromatic carbocycles. The Morgan fingerprint density at radius 1 is 1.12 bits per heavy atom. The van der Waals surface area contributed by atoms with Crippen LogP contribution in [0, 0.1) is 0 Å². The van der Waals surface area contributed by atoms with E-state index in [0.29, 0.717) is 17.7 Å². The lowest BCUT2D eigenvalue weighted by atomic mass is 9.89. The average molecular weight is 373 g/mol. The predicted octanol–water partition coefficient (Wildman–Crippen LogP) is 2.06. The van der Waals surface area contributed by atoms with Crippen LogP contribution in [0.3, 0.4) is 0 Å². The zero-order valence-electron chi connectivity index (χ0n) is 14.3. The first-order valence-electron chi connectivity index (χ1n) is 8.11. The predicted molar refractivity (Wildman–Crippen MR) is 96.5 cm³/mol. The fourth-order valence-corrected chi connectivity index (χ4v) is 4.00. The number of hydrogen-bond acceptors (Lipinski definition) is 4. The van der Waals surface area contributed by atoms with E-state index in [1.165, 1.54) is 4.90 Å². The summed E-state index contributed by atoms with van der Waals surface area (Å²) in [4.78, 5) is 25.9. The van der Waals surface area contributed by atoms with Crippen molar-refractivity contribution >= 4 is 21.7 Å². The number of carboxylic acid groups (broad SMARTS) is 1. The Kier molecular flexibility index (Phi) is 4.82. The van der Waals surface area contributed by atoms with Gasteiger partial charge in [-0.3, -0.25) is 9.59 Å². The first-order valence-corrected chi connectivity index (χ1v) is 10.2. The van der Waals surface area contributed by atoms with Crippen LogP contribution in [-0.4, -0.2) is 43.1 Å². The van der Waals surface area contributed by atoms with Crippen LogP contribution in [0.25, 0.3) is 0 Å². The van der Waals surface area contributed by atoms with Gasteiger partial charge in [0.1, 0.15) is 0 Å². The third-order valence-electron chi connectivity index (χ3n) is 4.41. The molecule has 0 aliphatic carbocycles. The van der Waals surface area contributed by atoms with Gasteiger partial charge < -0.3 is 10.0 Å². The van der Waals surface area contributed by atoms with E-state index < -0.39 is 21.7 Å². The molecule has 1 aliphatic rings. The van der Waals surface area contributed by atoms with Crippen LogP contribution in [-0.2, 0) is 26.9 Å². The molecule has 26 heavy (non-hydrogen) atoms. The van der Waals surface area contributed by atoms with Gasteiger partial charge >= 0.3 is 5.97 Å². The van der Waals surface area contributed by atoms with Crippen molar-refractivity contribution in [1.82, 2.24) is 4.90 Å². The Morgan fingerprint density at radius 3 is 2.38 bits per heavy atom. The van der Waals surface area contributed by atoms with Crippen LogP contribution >= 0.6 is 0 Å². The molecule has 1 heterocycles. The van der Waals surface area contributed by atoms with Gasteiger partial charge in [-0.1, -0.05) is 36.4 Å². The molecule has 0 aromatic heterocycles. The van der Waals surface area contributed by atoms with Crippen LogP contribution < -0.4 is 0 Å². The first kappa shape index (κ1) is 18.1. The highest BCUT2D eigenvalue weighted by Gasteiger charge is 2.32. The van der Waals surface area contributed by atoms with E-state index in [-0.39, 0.29) is 18.2 Å². The molecule has 0 fully saturated rings. The quantitative estimate of drug-likeness (QED) is 0.886. The zero-order valence-corrected chi connectivity index (χ0v) is 15.1. The van der Waals surface area contributed by atoms with E-state index >= 15 is 0 Å². The summed E-state index contributed by atoms with van der Waals surface area (Å²) in [6, 6.07) is 13.6. The van der Waals surface area contributed by atoms with E-state index in [4.69, 9.17) is 0 Å². The summed E-state index contributed by atoms with van der Waals surface area (Å²) in [6.07, 6.45) is 1.16. The molecule has 1 N–H and O–H groups in total. The van der Waals surface area contributed by atoms with Crippen LogP contribution in [0.1, 0.15) is 33.0 Å². The molecule has 3 rings (SSSR count). The molecule has 2 aromatic rings. The van der Waals surface area contributed by atoms with E-state index in [1.807, 2.05) is 12.1 Å². The fourth-order valence-electron chi connectivity index (χ4n) is 3.20. The maximum atomic E-state index is 12.8. The van der Waals surface area contributed by atoms with E-state index in [2.05, 4.69) is 0 Å². The summed E-state index contributed by atoms with van der Waals surface area (Å²) >= 11 is 0. The number of benzene rings is 2. The number of rotatable bonds is 4. The minimum absolute atomic E-state index is 0.0837. The third kappa shape index (κ3) is 3.94. The van der Waals surface area contributed by atoms with Crippen molar-refractivity contribution in [1.29, 1.82) is 0 Å². The topological polar surface area (TPSA) is 91.8 Å². The number of amides is 1. The van der Waals surface area contributed by atoms with Crippen molar-refractivity contribution in [3.63, 3.8) is 0 Å². The minimum Gasteiger partial charge on any atom is -0.481 e. The van der Waals surface area contributed by atoms with Gasteiger partial charge in [0.25, 0.3) is 5.91 Å². The molecular weight excluding hydrogens is 354 g/mol. The minimum atomic E-state index is -3.14. The molecule has 6 nitrogen and oxygen atoms in total. The molecule has 1 unspecified atom stereocenters. The average Bonchev–Trinajstić information content (AvgIpc) is 2.59. The van der Waals surface area contributed by atoms with Crippen molar-refractivity contribution in [2.24, 2.45) is 0 Å². The van der Waals surface area contributed by atoms with Crippen molar-refractivity contribution in [3.05, 3.63) is 70.8 Å². The summed E-state index contributed by atoms with van der Waals surface area (Å²) in [7, 11) is -3.14. The van der Waals surface area contributed by atoms with Crippen molar-refractivity contribution in [2.75, 3.05) is 12.8 Å². The monoisotopic (exact) mass is 373 g/mol. The van der Waals surface area contributed by atoms with Gasteiger partial charge in [0.05, 0.1) is 11.7 Å². The number of carbonyl (C=O) groups is 2. The Hall–Kier alpha value is -2.67. The smallest absolute Gasteiger partial charge is 0.312 e. The molecule has 0 spiro atoms. The lowest BCUT2D eigenvalue weighted by Crippen LogP contribution is -2.40. The largest absolute Gasteiger partial charge is 0.481 e. The second-order valence-corrected chi connectivity index (χ2v) is 8.68. The molecule has 0 radical (unpaired) electrons. The van der Waals surface area contributed by atoms with E-state index in [1.54, 1.807) is 36.4 Å². The van der Waals surface area contributed by atoms with Crippen LogP contribution in [0.2, 0.25) is 0 Å². The Labute approximate surface area is 152 Å². The highest BCUT2D eigenvalue weighted by atomic mass is 32.2. The number of carbonyl (C=O) groups excluding carboxylic acids is 1. The Morgan fingerprint density at radius 2 is 1.77 bits per heavy atom. The summed E-state index contributed by atoms with van der Waals surface area (Å²) in [5, 5.41) is 9.50. The third-order valence-corrected chi connectivity index (χ3v) is 5.27. The molecule has 0 saturated carbocycles. The molecular formula is C19H19NO5S. The van der Waals surface area contributed by atoms with Gasteiger partial charge in [-0.2, -0.15) is 0 Å². The van der Waals surface area contributed by atoms with Crippen molar-refractivity contribution in [3.8, 4) is 0 Å². The molecule has 1 atom stereocenters. The maximum absolute atomic E-state index is 12.8. The second kappa shape index (κ2) is 6.92. The van der Waals surface area contributed by atoms with Crippen LogP contribution in [0.4, 0.5) is 0 Å². The van der Waals surface area contributed by atoms with Crippen LogP contribution in [0.15, 0.2) is 48.5 Å². The van der Waals surface area contributed by atoms with Gasteiger partial charge in [-0.05, 0) is 28.8 Å². The van der Waals surface area contributed by atoms with Gasteiger partial charge in [0, 0.05) is 24.9 Å². The van der Waals surface area contributed by atoms with Crippen LogP contribution in [0.5, 0.6) is 0 Å². The number of carboxylic acids is 1. The molecule has 0 saturated heterocycles. The normalized spacial score (nSPS) is 16.8. The highest BCUT2D eigenvalue weighted by molar-refractivity contribution is 7.89. The van der Waals surface area contributed by atoms with Gasteiger partial charge in [0.15, 0.2) is 9.84 Å². The zero-order chi connectivity index (χ0) is 18.9. The number of aliphatic carboxylic acids is 1. The lowest BCUT2D eigenvalue weighted by Gasteiger charge is -2.33. The fraction of sp³-hybridized carbons (Fsp3) is 0.263. The summed E-state index contributed by atoms with van der Waals surface area (Å²) in [5.41, 5.74) is 2.59. The lowest BCUT2D eigenvalue weighted by molar-refractivity contribution is -0.139. The maximum Gasteiger partial charge on any atom is 0.312 e. The molecule has 7 heteroatoms. The van der Waals surface area contributed by atoms with Crippen molar-refractivity contribution < 1.29 is 23.1 Å². The number of sulfone groups is 1. The molecule has 1 amide bonds. The Balaban J connectivity index is 1.83. The van der Waals surface area contributed by atoms with E-state index in [0.717, 1.165) is 17.4 Å². The highest BCUT2D eigenvalue weighted by Crippen LogP contribution is 2.29. The van der Waals surface area contributed by atoms with Gasteiger partial charge in [0.2, 0.25) is 0 Å². The van der Waals surface area contributed by atoms with Gasteiger partial charge in [-0.25, -0.2) is 8.42 Å². The van der Waals surface area contributed by atoms with Gasteiger partial charge in [-0.15, -0.1) is 0 Å². The first-order chi connectivity index (χ1) is 12.2. The SMILES string of the molecule is CS(=O)(=O)Cc1ccc(C(=O)N2Cc3ccccc3C(C(=O)O)C2)cc1. The van der Waals surface area contributed by atoms with Crippen molar-refractivity contribution in [2.45, 2.75) is 18.2 Å². The number of nitrogens with zero attached hydrogens (tertiary/aromatic N) is 1. The number of hydrogen-bond donors (Lipinski definition) is 1. The number of fused-ring (bicyclic) bond motifs is 1. The summed E-state index contributed by atoms with van der Waals surface area (Å²) < 4.78 is 22.7. The Bertz CT molecular complexity index is 950. The molecule has 1 aliphatic heterocycles.